The average molecular weight is 348 g/mol. The minimum absolute atomic E-state index is 0.181. The van der Waals surface area contributed by atoms with Crippen LogP contribution in [0.4, 0.5) is 4.79 Å². The van der Waals surface area contributed by atoms with Crippen LogP contribution in [0.2, 0.25) is 0 Å². The summed E-state index contributed by atoms with van der Waals surface area (Å²) >= 11 is 0. The van der Waals surface area contributed by atoms with Crippen molar-refractivity contribution in [2.24, 2.45) is 9.98 Å². The molecule has 25 heavy (non-hydrogen) atoms. The number of nitrogens with one attached hydrogen (secondary N) is 2. The fourth-order valence-electron chi connectivity index (χ4n) is 2.11. The zero-order valence-corrected chi connectivity index (χ0v) is 15.6. The molecular formula is C18H28N4O3. The van der Waals surface area contributed by atoms with Crippen LogP contribution in [-0.4, -0.2) is 44.6 Å². The molecule has 1 amide bonds. The number of amides is 1. The van der Waals surface area contributed by atoms with Gasteiger partial charge in [0.05, 0.1) is 19.3 Å². The van der Waals surface area contributed by atoms with Gasteiger partial charge in [0.15, 0.2) is 0 Å². The number of methoxy groups -OCH3 is 1. The third-order valence-electron chi connectivity index (χ3n) is 3.16. The summed E-state index contributed by atoms with van der Waals surface area (Å²) in [5, 5.41) is 6.11. The summed E-state index contributed by atoms with van der Waals surface area (Å²) in [5.74, 6) is 0.741. The summed E-state index contributed by atoms with van der Waals surface area (Å²) in [5.41, 5.74) is 0.417. The van der Waals surface area contributed by atoms with Crippen molar-refractivity contribution in [3.05, 3.63) is 29.8 Å². The monoisotopic (exact) mass is 348 g/mol. The molecule has 0 aliphatic carbocycles. The second kappa shape index (κ2) is 9.78. The summed E-state index contributed by atoms with van der Waals surface area (Å²) in [6, 6.07) is 7.45. The standard InChI is InChI=1S/C18H28N4O3/c1-13(21-12-19-5)22-16(11-20-17(23)25-18(2,3)4)14-8-7-9-15(10-14)24-6/h7-10,12-13,16,22H,5,11H2,1-4,6H3,(H,20,23). The second-order valence-electron chi connectivity index (χ2n) is 6.50. The van der Waals surface area contributed by atoms with Crippen molar-refractivity contribution >= 4 is 19.1 Å². The van der Waals surface area contributed by atoms with Gasteiger partial charge in [-0.15, -0.1) is 0 Å². The van der Waals surface area contributed by atoms with Gasteiger partial charge in [-0.2, -0.15) is 0 Å². The van der Waals surface area contributed by atoms with E-state index >= 15 is 0 Å². The van der Waals surface area contributed by atoms with E-state index in [1.54, 1.807) is 7.11 Å². The zero-order chi connectivity index (χ0) is 18.9. The van der Waals surface area contributed by atoms with Gasteiger partial charge in [0.2, 0.25) is 0 Å². The first-order valence-electron chi connectivity index (χ1n) is 8.09. The lowest BCUT2D eigenvalue weighted by atomic mass is 10.1. The molecule has 0 spiro atoms. The molecule has 2 N–H and O–H groups in total. The van der Waals surface area contributed by atoms with Crippen molar-refractivity contribution in [1.82, 2.24) is 10.6 Å². The Morgan fingerprint density at radius 2 is 2.12 bits per heavy atom. The molecule has 1 aromatic rings. The topological polar surface area (TPSA) is 84.3 Å². The summed E-state index contributed by atoms with van der Waals surface area (Å²) in [6.07, 6.45) is 0.718. The molecule has 7 nitrogen and oxygen atoms in total. The maximum absolute atomic E-state index is 11.9. The largest absolute Gasteiger partial charge is 0.497 e. The average Bonchev–Trinajstić information content (AvgIpc) is 2.55. The molecule has 0 saturated carbocycles. The Morgan fingerprint density at radius 1 is 1.40 bits per heavy atom. The Labute approximate surface area is 149 Å². The molecule has 0 aliphatic heterocycles. The number of hydrogen-bond donors (Lipinski definition) is 2. The van der Waals surface area contributed by atoms with Gasteiger partial charge in [0.1, 0.15) is 17.7 Å². The van der Waals surface area contributed by atoms with Crippen LogP contribution in [0.1, 0.15) is 39.3 Å². The first-order valence-corrected chi connectivity index (χ1v) is 8.09. The summed E-state index contributed by atoms with van der Waals surface area (Å²) in [4.78, 5) is 19.7. The lowest BCUT2D eigenvalue weighted by Gasteiger charge is -2.24. The Bertz CT molecular complexity index is 596. The molecule has 0 aliphatic rings. The van der Waals surface area contributed by atoms with E-state index in [-0.39, 0.29) is 12.2 Å². The number of nitrogens with zero attached hydrogens (tertiary/aromatic N) is 2. The van der Waals surface area contributed by atoms with Crippen LogP contribution in [0.15, 0.2) is 34.3 Å². The molecule has 1 rings (SSSR count). The van der Waals surface area contributed by atoms with Crippen molar-refractivity contribution in [3.63, 3.8) is 0 Å². The van der Waals surface area contributed by atoms with Crippen LogP contribution in [0.5, 0.6) is 5.75 Å². The number of benzene rings is 1. The van der Waals surface area contributed by atoms with Crippen LogP contribution < -0.4 is 15.4 Å². The number of rotatable bonds is 8. The van der Waals surface area contributed by atoms with Gasteiger partial charge in [0, 0.05) is 6.54 Å². The van der Waals surface area contributed by atoms with Crippen LogP contribution in [0.25, 0.3) is 0 Å². The van der Waals surface area contributed by atoms with Crippen LogP contribution >= 0.6 is 0 Å². The number of carbonyl (C=O) groups is 1. The first kappa shape index (κ1) is 20.6. The van der Waals surface area contributed by atoms with E-state index in [9.17, 15) is 4.79 Å². The van der Waals surface area contributed by atoms with E-state index in [4.69, 9.17) is 9.47 Å². The fraction of sp³-hybridized carbons (Fsp3) is 0.500. The predicted octanol–water partition coefficient (Wildman–Crippen LogP) is 2.93. The van der Waals surface area contributed by atoms with Crippen LogP contribution in [-0.2, 0) is 4.74 Å². The highest BCUT2D eigenvalue weighted by Gasteiger charge is 2.19. The molecule has 0 radical (unpaired) electrons. The van der Waals surface area contributed by atoms with Crippen LogP contribution in [0.3, 0.4) is 0 Å². The molecule has 0 fully saturated rings. The van der Waals surface area contributed by atoms with E-state index in [2.05, 4.69) is 27.3 Å². The van der Waals surface area contributed by atoms with Gasteiger partial charge >= 0.3 is 6.09 Å². The van der Waals surface area contributed by atoms with Crippen molar-refractivity contribution in [2.45, 2.75) is 45.5 Å². The lowest BCUT2D eigenvalue weighted by molar-refractivity contribution is 0.0521. The highest BCUT2D eigenvalue weighted by atomic mass is 16.6. The number of aliphatic imine (C=N–C) groups is 2. The molecule has 2 unspecified atom stereocenters. The van der Waals surface area contributed by atoms with Gasteiger partial charge in [0.25, 0.3) is 0 Å². The number of ether oxygens (including phenoxy) is 2. The maximum atomic E-state index is 11.9. The Kier molecular flexibility index (Phi) is 8.07. The van der Waals surface area contributed by atoms with E-state index in [1.807, 2.05) is 52.0 Å². The van der Waals surface area contributed by atoms with Crippen molar-refractivity contribution in [3.8, 4) is 5.75 Å². The van der Waals surface area contributed by atoms with Gasteiger partial charge in [-0.1, -0.05) is 12.1 Å². The van der Waals surface area contributed by atoms with Gasteiger partial charge in [-0.25, -0.2) is 4.79 Å². The quantitative estimate of drug-likeness (QED) is 0.559. The predicted molar refractivity (Wildman–Crippen MR) is 101 cm³/mol. The summed E-state index contributed by atoms with van der Waals surface area (Å²) < 4.78 is 10.6. The molecule has 7 heteroatoms. The third-order valence-corrected chi connectivity index (χ3v) is 3.16. The lowest BCUT2D eigenvalue weighted by Crippen LogP contribution is -2.40. The van der Waals surface area contributed by atoms with Crippen molar-refractivity contribution in [2.75, 3.05) is 13.7 Å². The maximum Gasteiger partial charge on any atom is 0.407 e. The van der Waals surface area contributed by atoms with Crippen molar-refractivity contribution < 1.29 is 14.3 Å². The molecule has 0 aromatic heterocycles. The van der Waals surface area contributed by atoms with Gasteiger partial charge in [-0.3, -0.25) is 15.3 Å². The second-order valence-corrected chi connectivity index (χ2v) is 6.50. The van der Waals surface area contributed by atoms with E-state index in [1.165, 1.54) is 6.34 Å². The minimum atomic E-state index is -0.545. The van der Waals surface area contributed by atoms with Gasteiger partial charge in [-0.05, 0) is 52.1 Å². The highest BCUT2D eigenvalue weighted by molar-refractivity contribution is 5.67. The van der Waals surface area contributed by atoms with E-state index in [0.29, 0.717) is 6.54 Å². The highest BCUT2D eigenvalue weighted by Crippen LogP contribution is 2.19. The Morgan fingerprint density at radius 3 is 2.72 bits per heavy atom. The SMILES string of the molecule is C=NC=NC(C)NC(CNC(=O)OC(C)(C)C)c1cccc(OC)c1. The summed E-state index contributed by atoms with van der Waals surface area (Å²) in [7, 11) is 1.61. The smallest absolute Gasteiger partial charge is 0.407 e. The number of alkyl carbamates (subject to hydrolysis) is 1. The molecule has 2 atom stereocenters. The zero-order valence-electron chi connectivity index (χ0n) is 15.6. The minimum Gasteiger partial charge on any atom is -0.497 e. The molecular weight excluding hydrogens is 320 g/mol. The Hall–Kier alpha value is -2.41. The molecule has 0 heterocycles. The van der Waals surface area contributed by atoms with E-state index < -0.39 is 11.7 Å². The van der Waals surface area contributed by atoms with Crippen LogP contribution in [0, 0.1) is 0 Å². The van der Waals surface area contributed by atoms with Gasteiger partial charge < -0.3 is 14.8 Å². The molecule has 0 saturated heterocycles. The normalized spacial score (nSPS) is 14.0. The Balaban J connectivity index is 2.85. The number of carbonyl (C=O) groups excluding carboxylic acids is 1. The third kappa shape index (κ3) is 8.30. The molecule has 138 valence electrons. The van der Waals surface area contributed by atoms with Crippen molar-refractivity contribution in [1.29, 1.82) is 0 Å². The molecule has 0 bridgehead atoms. The van der Waals surface area contributed by atoms with E-state index in [0.717, 1.165) is 11.3 Å². The fourth-order valence-corrected chi connectivity index (χ4v) is 2.11. The molecule has 1 aromatic carbocycles. The summed E-state index contributed by atoms with van der Waals surface area (Å²) in [6.45, 7) is 11.1. The number of hydrogen-bond acceptors (Lipinski definition) is 5. The first-order chi connectivity index (χ1) is 11.7.